The highest BCUT2D eigenvalue weighted by molar-refractivity contribution is 5.62. The molecule has 0 amide bonds. The normalized spacial score (nSPS) is 18.9. The number of hydrogen-bond acceptors (Lipinski definition) is 5. The molecule has 1 unspecified atom stereocenters. The van der Waals surface area contributed by atoms with Crippen molar-refractivity contribution in [3.63, 3.8) is 0 Å². The molecule has 2 N–H and O–H groups in total. The Bertz CT molecular complexity index is 600. The van der Waals surface area contributed by atoms with Crippen LogP contribution in [-0.4, -0.2) is 46.3 Å². The van der Waals surface area contributed by atoms with Gasteiger partial charge in [-0.05, 0) is 38.8 Å². The van der Waals surface area contributed by atoms with E-state index in [4.69, 9.17) is 4.98 Å². The van der Waals surface area contributed by atoms with Gasteiger partial charge in [-0.15, -0.1) is 0 Å². The molecule has 0 saturated carbocycles. The van der Waals surface area contributed by atoms with Gasteiger partial charge in [0, 0.05) is 24.3 Å². The summed E-state index contributed by atoms with van der Waals surface area (Å²) in [5, 5.41) is 10.6. The number of hydrogen-bond donors (Lipinski definition) is 2. The lowest BCUT2D eigenvalue weighted by molar-refractivity contribution is 0.562. The topological polar surface area (TPSA) is 69.7 Å². The zero-order chi connectivity index (χ0) is 15.4. The fourth-order valence-corrected chi connectivity index (χ4v) is 3.03. The maximum atomic E-state index is 4.81. The van der Waals surface area contributed by atoms with Gasteiger partial charge in [0.2, 0.25) is 0 Å². The first-order valence-electron chi connectivity index (χ1n) is 8.07. The monoisotopic (exact) mass is 300 g/mol. The van der Waals surface area contributed by atoms with Gasteiger partial charge in [0.25, 0.3) is 0 Å². The lowest BCUT2D eigenvalue weighted by atomic mass is 10.1. The number of H-pyrrole nitrogens is 1. The average molecular weight is 300 g/mol. The van der Waals surface area contributed by atoms with Crippen molar-refractivity contribution in [3.05, 3.63) is 24.3 Å². The van der Waals surface area contributed by atoms with E-state index in [-0.39, 0.29) is 0 Å². The first kappa shape index (κ1) is 15.0. The van der Waals surface area contributed by atoms with E-state index in [1.54, 1.807) is 0 Å². The zero-order valence-corrected chi connectivity index (χ0v) is 13.3. The highest BCUT2D eigenvalue weighted by Crippen LogP contribution is 2.24. The van der Waals surface area contributed by atoms with E-state index in [1.165, 1.54) is 12.8 Å². The van der Waals surface area contributed by atoms with E-state index in [9.17, 15) is 0 Å². The number of aromatic amines is 1. The van der Waals surface area contributed by atoms with Crippen molar-refractivity contribution >= 4 is 5.82 Å². The predicted molar refractivity (Wildman–Crippen MR) is 87.9 cm³/mol. The molecule has 0 aromatic carbocycles. The smallest absolute Gasteiger partial charge is 0.147 e. The quantitative estimate of drug-likeness (QED) is 0.904. The van der Waals surface area contributed by atoms with Crippen LogP contribution in [0.3, 0.4) is 0 Å². The Morgan fingerprint density at radius 1 is 1.23 bits per heavy atom. The van der Waals surface area contributed by atoms with Crippen molar-refractivity contribution in [3.8, 4) is 11.3 Å². The van der Waals surface area contributed by atoms with Gasteiger partial charge in [-0.3, -0.25) is 10.1 Å². The van der Waals surface area contributed by atoms with Crippen LogP contribution in [0.5, 0.6) is 0 Å². The van der Waals surface area contributed by atoms with Crippen molar-refractivity contribution in [2.75, 3.05) is 25.0 Å². The molecular formula is C16H24N6. The van der Waals surface area contributed by atoms with E-state index in [0.717, 1.165) is 48.7 Å². The molecule has 0 aliphatic carbocycles. The average Bonchev–Trinajstić information content (AvgIpc) is 2.88. The molecule has 118 valence electrons. The molecule has 22 heavy (non-hydrogen) atoms. The zero-order valence-electron chi connectivity index (χ0n) is 13.3. The minimum atomic E-state index is 0.523. The summed E-state index contributed by atoms with van der Waals surface area (Å²) < 4.78 is 0. The van der Waals surface area contributed by atoms with Crippen LogP contribution in [0, 0.1) is 0 Å². The molecule has 1 aliphatic rings. The van der Waals surface area contributed by atoms with E-state index < -0.39 is 0 Å². The van der Waals surface area contributed by atoms with E-state index in [1.807, 2.05) is 18.6 Å². The third-order valence-electron chi connectivity index (χ3n) is 4.42. The van der Waals surface area contributed by atoms with Gasteiger partial charge < -0.3 is 10.2 Å². The summed E-state index contributed by atoms with van der Waals surface area (Å²) in [6.07, 6.45) is 9.97. The van der Waals surface area contributed by atoms with Crippen LogP contribution in [0.15, 0.2) is 18.6 Å². The summed E-state index contributed by atoms with van der Waals surface area (Å²) in [5.41, 5.74) is 3.04. The van der Waals surface area contributed by atoms with Gasteiger partial charge in [-0.25, -0.2) is 4.98 Å². The number of anilines is 1. The van der Waals surface area contributed by atoms with Gasteiger partial charge in [0.05, 0.1) is 24.3 Å². The largest absolute Gasteiger partial charge is 0.355 e. The molecule has 6 heteroatoms. The van der Waals surface area contributed by atoms with Gasteiger partial charge in [0.15, 0.2) is 0 Å². The lowest BCUT2D eigenvalue weighted by Gasteiger charge is -2.28. The highest BCUT2D eigenvalue weighted by atomic mass is 15.2. The van der Waals surface area contributed by atoms with Crippen molar-refractivity contribution in [1.82, 2.24) is 25.5 Å². The molecule has 0 spiro atoms. The Hall–Kier alpha value is -1.95. The molecule has 0 radical (unpaired) electrons. The molecule has 2 aromatic rings. The molecule has 6 nitrogen and oxygen atoms in total. The van der Waals surface area contributed by atoms with Crippen LogP contribution in [0.25, 0.3) is 11.3 Å². The maximum absolute atomic E-state index is 4.81. The van der Waals surface area contributed by atoms with Crippen LogP contribution in [0.2, 0.25) is 0 Å². The Morgan fingerprint density at radius 3 is 3.00 bits per heavy atom. The SMILES string of the molecule is CCc1[nH]ncc1-c1cncc(N(C)C2CCCNCC2)n1. The summed E-state index contributed by atoms with van der Waals surface area (Å²) in [6, 6.07) is 0.523. The fraction of sp³-hybridized carbons (Fsp3) is 0.562. The predicted octanol–water partition coefficient (Wildman–Crippen LogP) is 2.01. The number of nitrogens with one attached hydrogen (secondary N) is 2. The van der Waals surface area contributed by atoms with Crippen LogP contribution in [-0.2, 0) is 6.42 Å². The van der Waals surface area contributed by atoms with Gasteiger partial charge in [-0.2, -0.15) is 5.10 Å². The van der Waals surface area contributed by atoms with Crippen molar-refractivity contribution in [2.24, 2.45) is 0 Å². The maximum Gasteiger partial charge on any atom is 0.147 e. The second kappa shape index (κ2) is 6.87. The van der Waals surface area contributed by atoms with Crippen molar-refractivity contribution < 1.29 is 0 Å². The standard InChI is InChI=1S/C16H24N6/c1-3-14-13(9-19-21-14)15-10-18-11-16(20-15)22(2)12-5-4-7-17-8-6-12/h9-12,17H,3-8H2,1-2H3,(H,19,21). The van der Waals surface area contributed by atoms with Crippen LogP contribution >= 0.6 is 0 Å². The summed E-state index contributed by atoms with van der Waals surface area (Å²) in [7, 11) is 2.12. The Morgan fingerprint density at radius 2 is 2.14 bits per heavy atom. The van der Waals surface area contributed by atoms with Gasteiger partial charge in [-0.1, -0.05) is 6.92 Å². The van der Waals surface area contributed by atoms with E-state index in [0.29, 0.717) is 6.04 Å². The van der Waals surface area contributed by atoms with Gasteiger partial charge >= 0.3 is 0 Å². The molecule has 3 rings (SSSR count). The third kappa shape index (κ3) is 3.11. The third-order valence-corrected chi connectivity index (χ3v) is 4.42. The summed E-state index contributed by atoms with van der Waals surface area (Å²) >= 11 is 0. The molecule has 0 bridgehead atoms. The molecule has 1 fully saturated rings. The highest BCUT2D eigenvalue weighted by Gasteiger charge is 2.19. The first-order chi connectivity index (χ1) is 10.8. The first-order valence-corrected chi connectivity index (χ1v) is 8.07. The molecule has 1 saturated heterocycles. The summed E-state index contributed by atoms with van der Waals surface area (Å²) in [6.45, 7) is 4.30. The molecule has 1 atom stereocenters. The van der Waals surface area contributed by atoms with Crippen LogP contribution in [0.4, 0.5) is 5.82 Å². The number of aromatic nitrogens is 4. The van der Waals surface area contributed by atoms with E-state index >= 15 is 0 Å². The minimum Gasteiger partial charge on any atom is -0.355 e. The fourth-order valence-electron chi connectivity index (χ4n) is 3.03. The molecule has 3 heterocycles. The second-order valence-electron chi connectivity index (χ2n) is 5.82. The molecule has 2 aromatic heterocycles. The molecular weight excluding hydrogens is 276 g/mol. The minimum absolute atomic E-state index is 0.523. The van der Waals surface area contributed by atoms with Crippen LogP contribution < -0.4 is 10.2 Å². The van der Waals surface area contributed by atoms with Crippen LogP contribution in [0.1, 0.15) is 31.9 Å². The second-order valence-corrected chi connectivity index (χ2v) is 5.82. The summed E-state index contributed by atoms with van der Waals surface area (Å²) in [4.78, 5) is 11.5. The molecule has 1 aliphatic heterocycles. The van der Waals surface area contributed by atoms with Crippen molar-refractivity contribution in [2.45, 2.75) is 38.6 Å². The Balaban J connectivity index is 1.84. The van der Waals surface area contributed by atoms with E-state index in [2.05, 4.69) is 39.4 Å². The van der Waals surface area contributed by atoms with Crippen molar-refractivity contribution in [1.29, 1.82) is 0 Å². The number of rotatable bonds is 4. The number of nitrogens with zero attached hydrogens (tertiary/aromatic N) is 4. The number of aryl methyl sites for hydroxylation is 1. The Kier molecular flexibility index (Phi) is 4.68. The Labute approximate surface area is 131 Å². The summed E-state index contributed by atoms with van der Waals surface area (Å²) in [5.74, 6) is 0.938. The van der Waals surface area contributed by atoms with Gasteiger partial charge in [0.1, 0.15) is 5.82 Å². The lowest BCUT2D eigenvalue weighted by Crippen LogP contribution is -2.33.